The fraction of sp³-hybridized carbons (Fsp3) is 0.227. The minimum Gasteiger partial charge on any atom is -0.378 e. The Morgan fingerprint density at radius 2 is 2.03 bits per heavy atom. The van der Waals surface area contributed by atoms with Gasteiger partial charge in [-0.1, -0.05) is 36.4 Å². The summed E-state index contributed by atoms with van der Waals surface area (Å²) in [4.78, 5) is 35.9. The minimum absolute atomic E-state index is 0.129. The van der Waals surface area contributed by atoms with Gasteiger partial charge in [0.15, 0.2) is 0 Å². The lowest BCUT2D eigenvalue weighted by atomic mass is 10.1. The largest absolute Gasteiger partial charge is 0.378 e. The van der Waals surface area contributed by atoms with E-state index in [1.54, 1.807) is 20.1 Å². The van der Waals surface area contributed by atoms with Gasteiger partial charge in [0.25, 0.3) is 11.6 Å². The standard InChI is InChI=1S/C22H21N5O5/c1-13-8-9-15(27(30)31)10-16(13)23-19(28)11-18-22(29)24-21-20(14-6-4-3-5-7-14)17(12-32-2)25-26(18)21/h3-10,18H,11-12H2,1-2H3,(H,23,28)(H,24,29). The molecule has 10 heteroatoms. The molecule has 0 saturated heterocycles. The molecule has 2 aromatic carbocycles. The van der Waals surface area contributed by atoms with E-state index in [2.05, 4.69) is 15.7 Å². The Balaban J connectivity index is 1.61. The normalized spacial score (nSPS) is 14.7. The fourth-order valence-corrected chi connectivity index (χ4v) is 3.70. The van der Waals surface area contributed by atoms with Gasteiger partial charge in [-0.3, -0.25) is 19.7 Å². The van der Waals surface area contributed by atoms with Gasteiger partial charge in [0, 0.05) is 24.8 Å². The van der Waals surface area contributed by atoms with Crippen LogP contribution in [0.1, 0.15) is 23.7 Å². The Morgan fingerprint density at radius 1 is 1.28 bits per heavy atom. The summed E-state index contributed by atoms with van der Waals surface area (Å²) in [6.45, 7) is 1.97. The average Bonchev–Trinajstić information content (AvgIpc) is 3.25. The number of ether oxygens (including phenoxy) is 1. The van der Waals surface area contributed by atoms with Crippen LogP contribution in [0.4, 0.5) is 17.2 Å². The van der Waals surface area contributed by atoms with Crippen molar-refractivity contribution in [3.8, 4) is 11.1 Å². The van der Waals surface area contributed by atoms with Gasteiger partial charge < -0.3 is 15.4 Å². The van der Waals surface area contributed by atoms with Crippen LogP contribution in [-0.2, 0) is 20.9 Å². The Labute approximate surface area is 183 Å². The highest BCUT2D eigenvalue weighted by molar-refractivity contribution is 6.04. The maximum atomic E-state index is 12.7. The first kappa shape index (κ1) is 21.2. The zero-order valence-corrected chi connectivity index (χ0v) is 17.5. The van der Waals surface area contributed by atoms with Crippen molar-refractivity contribution in [2.45, 2.75) is 26.0 Å². The van der Waals surface area contributed by atoms with Gasteiger partial charge in [-0.2, -0.15) is 5.10 Å². The predicted octanol–water partition coefficient (Wildman–Crippen LogP) is 3.44. The van der Waals surface area contributed by atoms with E-state index >= 15 is 0 Å². The topological polar surface area (TPSA) is 128 Å². The molecule has 1 atom stereocenters. The van der Waals surface area contributed by atoms with Crippen LogP contribution in [0.3, 0.4) is 0 Å². The van der Waals surface area contributed by atoms with Crippen molar-refractivity contribution < 1.29 is 19.2 Å². The van der Waals surface area contributed by atoms with E-state index in [-0.39, 0.29) is 24.6 Å². The molecule has 4 rings (SSSR count). The molecular weight excluding hydrogens is 414 g/mol. The van der Waals surface area contributed by atoms with Crippen molar-refractivity contribution in [3.05, 3.63) is 69.9 Å². The number of nitro groups is 1. The number of benzene rings is 2. The molecule has 3 aromatic rings. The Morgan fingerprint density at radius 3 is 2.72 bits per heavy atom. The van der Waals surface area contributed by atoms with Crippen LogP contribution in [0.2, 0.25) is 0 Å². The predicted molar refractivity (Wildman–Crippen MR) is 117 cm³/mol. The molecule has 0 fully saturated rings. The van der Waals surface area contributed by atoms with Gasteiger partial charge >= 0.3 is 0 Å². The number of carbonyl (C=O) groups excluding carboxylic acids is 2. The van der Waals surface area contributed by atoms with E-state index in [0.29, 0.717) is 22.8 Å². The van der Waals surface area contributed by atoms with Crippen LogP contribution < -0.4 is 10.6 Å². The van der Waals surface area contributed by atoms with Crippen LogP contribution in [0.5, 0.6) is 0 Å². The van der Waals surface area contributed by atoms with Crippen LogP contribution in [-0.4, -0.2) is 33.6 Å². The number of nitrogens with zero attached hydrogens (tertiary/aromatic N) is 3. The first-order chi connectivity index (χ1) is 15.4. The molecule has 32 heavy (non-hydrogen) atoms. The van der Waals surface area contributed by atoms with Gasteiger partial charge in [-0.25, -0.2) is 4.68 Å². The number of non-ortho nitro benzene ring substituents is 1. The second-order valence-electron chi connectivity index (χ2n) is 7.43. The number of anilines is 2. The number of hydrogen-bond donors (Lipinski definition) is 2. The van der Waals surface area contributed by atoms with Crippen molar-refractivity contribution in [3.63, 3.8) is 0 Å². The van der Waals surface area contributed by atoms with Gasteiger partial charge in [-0.15, -0.1) is 0 Å². The number of aryl methyl sites for hydroxylation is 1. The van der Waals surface area contributed by atoms with E-state index in [4.69, 9.17) is 4.74 Å². The molecule has 10 nitrogen and oxygen atoms in total. The van der Waals surface area contributed by atoms with Crippen LogP contribution >= 0.6 is 0 Å². The monoisotopic (exact) mass is 435 g/mol. The van der Waals surface area contributed by atoms with Crippen LogP contribution in [0.25, 0.3) is 11.1 Å². The van der Waals surface area contributed by atoms with Crippen molar-refractivity contribution in [2.24, 2.45) is 0 Å². The highest BCUT2D eigenvalue weighted by Gasteiger charge is 2.37. The maximum absolute atomic E-state index is 12.7. The lowest BCUT2D eigenvalue weighted by Gasteiger charge is -2.11. The van der Waals surface area contributed by atoms with E-state index in [1.165, 1.54) is 16.8 Å². The molecule has 2 amide bonds. The highest BCUT2D eigenvalue weighted by Crippen LogP contribution is 2.38. The quantitative estimate of drug-likeness (QED) is 0.432. The summed E-state index contributed by atoms with van der Waals surface area (Å²) in [5.74, 6) is -0.288. The SMILES string of the molecule is COCc1nn2c(c1-c1ccccc1)NC(=O)C2CC(=O)Nc1cc([N+](=O)[O-])ccc1C. The van der Waals surface area contributed by atoms with Crippen molar-refractivity contribution in [1.29, 1.82) is 0 Å². The molecule has 0 radical (unpaired) electrons. The van der Waals surface area contributed by atoms with Crippen molar-refractivity contribution >= 4 is 29.0 Å². The minimum atomic E-state index is -0.850. The third-order valence-electron chi connectivity index (χ3n) is 5.25. The van der Waals surface area contributed by atoms with Gasteiger partial charge in [0.2, 0.25) is 5.91 Å². The molecule has 164 valence electrons. The molecule has 0 spiro atoms. The zero-order valence-electron chi connectivity index (χ0n) is 17.5. The summed E-state index contributed by atoms with van der Waals surface area (Å²) in [7, 11) is 1.56. The summed E-state index contributed by atoms with van der Waals surface area (Å²) in [5, 5.41) is 21.1. The van der Waals surface area contributed by atoms with Gasteiger partial charge in [0.05, 0.1) is 29.3 Å². The smallest absolute Gasteiger partial charge is 0.271 e. The molecule has 1 unspecified atom stereocenters. The number of nitrogens with one attached hydrogen (secondary N) is 2. The molecule has 1 aliphatic heterocycles. The second kappa shape index (κ2) is 8.60. The number of hydrogen-bond acceptors (Lipinski definition) is 6. The summed E-state index contributed by atoms with van der Waals surface area (Å²) in [5.41, 5.74) is 3.14. The fourth-order valence-electron chi connectivity index (χ4n) is 3.70. The summed E-state index contributed by atoms with van der Waals surface area (Å²) in [6.07, 6.45) is -0.177. The van der Waals surface area contributed by atoms with E-state index in [9.17, 15) is 19.7 Å². The first-order valence-corrected chi connectivity index (χ1v) is 9.90. The molecule has 1 aliphatic rings. The number of fused-ring (bicyclic) bond motifs is 1. The first-order valence-electron chi connectivity index (χ1n) is 9.90. The van der Waals surface area contributed by atoms with E-state index < -0.39 is 16.9 Å². The van der Waals surface area contributed by atoms with Gasteiger partial charge in [0.1, 0.15) is 11.9 Å². The summed E-state index contributed by atoms with van der Waals surface area (Å²) < 4.78 is 6.78. The second-order valence-corrected chi connectivity index (χ2v) is 7.43. The summed E-state index contributed by atoms with van der Waals surface area (Å²) in [6, 6.07) is 12.9. The van der Waals surface area contributed by atoms with Crippen LogP contribution in [0, 0.1) is 17.0 Å². The maximum Gasteiger partial charge on any atom is 0.271 e. The number of methoxy groups -OCH3 is 1. The molecule has 0 saturated carbocycles. The van der Waals surface area contributed by atoms with E-state index in [1.807, 2.05) is 30.3 Å². The number of nitro benzene ring substituents is 1. The number of amides is 2. The molecule has 0 aliphatic carbocycles. The average molecular weight is 435 g/mol. The molecule has 2 N–H and O–H groups in total. The molecular formula is C22H21N5O5. The van der Waals surface area contributed by atoms with Crippen molar-refractivity contribution in [1.82, 2.24) is 9.78 Å². The van der Waals surface area contributed by atoms with E-state index in [0.717, 1.165) is 11.1 Å². The number of aromatic nitrogens is 2. The number of rotatable bonds is 7. The number of carbonyl (C=O) groups is 2. The summed E-state index contributed by atoms with van der Waals surface area (Å²) >= 11 is 0. The Hall–Kier alpha value is -4.05. The van der Waals surface area contributed by atoms with Gasteiger partial charge in [-0.05, 0) is 18.1 Å². The lowest BCUT2D eigenvalue weighted by Crippen LogP contribution is -2.24. The Bertz CT molecular complexity index is 1200. The van der Waals surface area contributed by atoms with Crippen LogP contribution in [0.15, 0.2) is 48.5 Å². The van der Waals surface area contributed by atoms with Crippen molar-refractivity contribution in [2.75, 3.05) is 17.7 Å². The zero-order chi connectivity index (χ0) is 22.8. The molecule has 2 heterocycles. The lowest BCUT2D eigenvalue weighted by molar-refractivity contribution is -0.384. The highest BCUT2D eigenvalue weighted by atomic mass is 16.6. The third-order valence-corrected chi connectivity index (χ3v) is 5.25. The molecule has 1 aromatic heterocycles. The third kappa shape index (κ3) is 3.95. The Kier molecular flexibility index (Phi) is 5.69. The molecule has 0 bridgehead atoms.